The zero-order valence-electron chi connectivity index (χ0n) is 13.0. The van der Waals surface area contributed by atoms with E-state index in [9.17, 15) is 4.79 Å². The number of nitrogens with two attached hydrogens (primary N) is 1. The molecule has 23 heavy (non-hydrogen) atoms. The summed E-state index contributed by atoms with van der Waals surface area (Å²) in [6.45, 7) is 0.329. The first-order valence-electron chi connectivity index (χ1n) is 7.16. The Balaban J connectivity index is 2.29. The fourth-order valence-electron chi connectivity index (χ4n) is 2.28. The number of rotatable bonds is 7. The van der Waals surface area contributed by atoms with Crippen molar-refractivity contribution in [1.82, 2.24) is 9.55 Å². The number of hydrogen-bond donors (Lipinski definition) is 3. The molecule has 0 fully saturated rings. The molecule has 126 valence electrons. The summed E-state index contributed by atoms with van der Waals surface area (Å²) in [7, 11) is 1.55. The lowest BCUT2D eigenvalue weighted by Crippen LogP contribution is -2.36. The van der Waals surface area contributed by atoms with E-state index in [1.807, 2.05) is 4.90 Å². The summed E-state index contributed by atoms with van der Waals surface area (Å²) in [5, 5.41) is 18.1. The molecule has 0 amide bonds. The second-order valence-corrected chi connectivity index (χ2v) is 5.19. The summed E-state index contributed by atoms with van der Waals surface area (Å²) in [5.41, 5.74) is 5.93. The third kappa shape index (κ3) is 3.39. The molecule has 0 saturated carbocycles. The topological polar surface area (TPSA) is 117 Å². The van der Waals surface area contributed by atoms with Crippen molar-refractivity contribution < 1.29 is 14.9 Å². The van der Waals surface area contributed by atoms with Crippen LogP contribution in [0.15, 0.2) is 4.79 Å². The van der Waals surface area contributed by atoms with Crippen molar-refractivity contribution in [2.75, 3.05) is 48.7 Å². The Bertz CT molecular complexity index is 650. The first-order valence-corrected chi connectivity index (χ1v) is 7.16. The highest BCUT2D eigenvalue weighted by molar-refractivity contribution is 5.72. The lowest BCUT2D eigenvalue weighted by atomic mass is 10.3. The van der Waals surface area contributed by atoms with E-state index < -0.39 is 6.10 Å². The highest BCUT2D eigenvalue weighted by Crippen LogP contribution is 2.31. The Hall–Kier alpha value is -2.28. The van der Waals surface area contributed by atoms with Gasteiger partial charge >= 0.3 is 0 Å². The van der Waals surface area contributed by atoms with Crippen LogP contribution in [0.1, 0.15) is 6.42 Å². The number of anilines is 3. The van der Waals surface area contributed by atoms with Crippen LogP contribution < -0.4 is 21.1 Å². The van der Waals surface area contributed by atoms with Crippen LogP contribution in [-0.4, -0.2) is 59.0 Å². The number of fused-ring (bicyclic) bond motifs is 1. The van der Waals surface area contributed by atoms with Gasteiger partial charge in [0.25, 0.3) is 5.56 Å². The lowest BCUT2D eigenvalue weighted by Gasteiger charge is -2.22. The van der Waals surface area contributed by atoms with Crippen molar-refractivity contribution in [3.63, 3.8) is 0 Å². The van der Waals surface area contributed by atoms with E-state index in [0.717, 1.165) is 0 Å². The smallest absolute Gasteiger partial charge is 0.280 e. The minimum Gasteiger partial charge on any atom is -0.394 e. The third-order valence-electron chi connectivity index (χ3n) is 3.64. The van der Waals surface area contributed by atoms with Crippen molar-refractivity contribution >= 4 is 17.5 Å². The van der Waals surface area contributed by atoms with Crippen molar-refractivity contribution in [1.29, 1.82) is 0 Å². The van der Waals surface area contributed by atoms with Gasteiger partial charge in [0.15, 0.2) is 5.82 Å². The standard InChI is InChI=1S/C14H21N5O4/c1-3-4-5-18-8-19(9-23-10(6-20)7-21)12-11(18)13(22)17(2)14(15)16-12/h1,10,20-21H,4-9H2,2H3,(H2,15,16). The van der Waals surface area contributed by atoms with E-state index in [-0.39, 0.29) is 31.5 Å². The zero-order valence-corrected chi connectivity index (χ0v) is 13.0. The van der Waals surface area contributed by atoms with Gasteiger partial charge in [0, 0.05) is 20.0 Å². The highest BCUT2D eigenvalue weighted by atomic mass is 16.5. The van der Waals surface area contributed by atoms with E-state index in [0.29, 0.717) is 31.1 Å². The number of aromatic nitrogens is 2. The van der Waals surface area contributed by atoms with Crippen LogP contribution in [0.4, 0.5) is 17.5 Å². The van der Waals surface area contributed by atoms with Crippen LogP contribution in [-0.2, 0) is 11.8 Å². The first kappa shape index (κ1) is 17.1. The predicted octanol–water partition coefficient (Wildman–Crippen LogP) is -1.70. The fraction of sp³-hybridized carbons (Fsp3) is 0.571. The normalized spacial score (nSPS) is 13.5. The molecule has 0 bridgehead atoms. The van der Waals surface area contributed by atoms with Gasteiger partial charge in [-0.15, -0.1) is 12.3 Å². The van der Waals surface area contributed by atoms with Crippen molar-refractivity contribution in [2.24, 2.45) is 7.05 Å². The molecule has 2 heterocycles. The molecule has 0 atom stereocenters. The molecule has 9 heteroatoms. The summed E-state index contributed by atoms with van der Waals surface area (Å²) in [6, 6.07) is 0. The monoisotopic (exact) mass is 323 g/mol. The Morgan fingerprint density at radius 2 is 2.13 bits per heavy atom. The van der Waals surface area contributed by atoms with Crippen LogP contribution >= 0.6 is 0 Å². The molecule has 9 nitrogen and oxygen atoms in total. The van der Waals surface area contributed by atoms with Crippen LogP contribution in [0, 0.1) is 12.3 Å². The molecule has 0 unspecified atom stereocenters. The molecule has 0 aromatic carbocycles. The van der Waals surface area contributed by atoms with Gasteiger partial charge in [0.05, 0.1) is 19.9 Å². The molecule has 1 aromatic rings. The molecule has 0 aliphatic carbocycles. The minimum atomic E-state index is -0.692. The van der Waals surface area contributed by atoms with Crippen LogP contribution in [0.3, 0.4) is 0 Å². The summed E-state index contributed by atoms with van der Waals surface area (Å²) >= 11 is 0. The molecular weight excluding hydrogens is 302 g/mol. The maximum atomic E-state index is 12.5. The van der Waals surface area contributed by atoms with E-state index in [2.05, 4.69) is 10.9 Å². The van der Waals surface area contributed by atoms with Crippen molar-refractivity contribution in [3.8, 4) is 12.3 Å². The summed E-state index contributed by atoms with van der Waals surface area (Å²) in [4.78, 5) is 20.2. The van der Waals surface area contributed by atoms with Crippen LogP contribution in [0.2, 0.25) is 0 Å². The van der Waals surface area contributed by atoms with E-state index in [1.54, 1.807) is 11.9 Å². The highest BCUT2D eigenvalue weighted by Gasteiger charge is 2.31. The first-order chi connectivity index (χ1) is 11.0. The second kappa shape index (κ2) is 7.32. The molecule has 0 spiro atoms. The molecule has 0 saturated heterocycles. The van der Waals surface area contributed by atoms with E-state index in [4.69, 9.17) is 27.1 Å². The van der Waals surface area contributed by atoms with Gasteiger partial charge in [-0.25, -0.2) is 0 Å². The summed E-state index contributed by atoms with van der Waals surface area (Å²) < 4.78 is 6.69. The van der Waals surface area contributed by atoms with Gasteiger partial charge < -0.3 is 30.5 Å². The largest absolute Gasteiger partial charge is 0.394 e. The Morgan fingerprint density at radius 3 is 2.74 bits per heavy atom. The Morgan fingerprint density at radius 1 is 1.43 bits per heavy atom. The number of nitrogen functional groups attached to an aromatic ring is 1. The van der Waals surface area contributed by atoms with Gasteiger partial charge in [0.1, 0.15) is 18.5 Å². The van der Waals surface area contributed by atoms with Crippen molar-refractivity contribution in [3.05, 3.63) is 10.4 Å². The average Bonchev–Trinajstić information content (AvgIpc) is 2.89. The molecule has 1 aliphatic rings. The Labute approximate surface area is 133 Å². The third-order valence-corrected chi connectivity index (χ3v) is 3.64. The summed E-state index contributed by atoms with van der Waals surface area (Å²) in [5.74, 6) is 3.05. The number of terminal acetylenes is 1. The van der Waals surface area contributed by atoms with Crippen LogP contribution in [0.25, 0.3) is 0 Å². The molecular formula is C14H21N5O4. The van der Waals surface area contributed by atoms with Gasteiger partial charge in [-0.1, -0.05) is 0 Å². The minimum absolute atomic E-state index is 0.0605. The van der Waals surface area contributed by atoms with E-state index in [1.165, 1.54) is 4.57 Å². The predicted molar refractivity (Wildman–Crippen MR) is 85.9 cm³/mol. The molecule has 0 radical (unpaired) electrons. The SMILES string of the molecule is C#CCCN1CN(COC(CO)CO)c2nc(N)n(C)c(=O)c21. The maximum absolute atomic E-state index is 12.5. The fourth-order valence-corrected chi connectivity index (χ4v) is 2.28. The van der Waals surface area contributed by atoms with Crippen LogP contribution in [0.5, 0.6) is 0 Å². The van der Waals surface area contributed by atoms with Gasteiger partial charge in [-0.2, -0.15) is 4.98 Å². The summed E-state index contributed by atoms with van der Waals surface area (Å²) in [6.07, 6.45) is 5.09. The lowest BCUT2D eigenvalue weighted by molar-refractivity contribution is -0.0188. The molecule has 2 rings (SSSR count). The molecule has 1 aromatic heterocycles. The Kier molecular flexibility index (Phi) is 5.44. The van der Waals surface area contributed by atoms with Gasteiger partial charge in [0.2, 0.25) is 5.95 Å². The number of ether oxygens (including phenoxy) is 1. The number of aliphatic hydroxyl groups is 2. The van der Waals surface area contributed by atoms with E-state index >= 15 is 0 Å². The molecule has 1 aliphatic heterocycles. The quantitative estimate of drug-likeness (QED) is 0.508. The number of aliphatic hydroxyl groups excluding tert-OH is 2. The number of nitrogens with zero attached hydrogens (tertiary/aromatic N) is 4. The second-order valence-electron chi connectivity index (χ2n) is 5.19. The zero-order chi connectivity index (χ0) is 17.0. The van der Waals surface area contributed by atoms with Gasteiger partial charge in [-0.05, 0) is 0 Å². The van der Waals surface area contributed by atoms with Gasteiger partial charge in [-0.3, -0.25) is 9.36 Å². The number of hydrogen-bond acceptors (Lipinski definition) is 8. The average molecular weight is 323 g/mol. The molecule has 4 N–H and O–H groups in total. The van der Waals surface area contributed by atoms with Crippen molar-refractivity contribution in [2.45, 2.75) is 12.5 Å². The maximum Gasteiger partial charge on any atom is 0.280 e.